The Morgan fingerprint density at radius 2 is 2.26 bits per heavy atom. The van der Waals surface area contributed by atoms with Gasteiger partial charge in [-0.25, -0.2) is 12.8 Å². The zero-order valence-corrected chi connectivity index (χ0v) is 12.8. The molecule has 1 saturated heterocycles. The summed E-state index contributed by atoms with van der Waals surface area (Å²) in [7, 11) is -4.04. The number of hydrogen-bond acceptors (Lipinski definition) is 4. The lowest BCUT2D eigenvalue weighted by molar-refractivity contribution is -0.139. The number of carboxylic acid groups (broad SMARTS) is 1. The second-order valence-electron chi connectivity index (χ2n) is 5.26. The second-order valence-corrected chi connectivity index (χ2v) is 7.12. The molecular formula is C14H15FN2O5S. The number of aliphatic carboxylic acids is 1. The van der Waals surface area contributed by atoms with Crippen molar-refractivity contribution in [1.82, 2.24) is 9.29 Å². The second kappa shape index (κ2) is 5.91. The van der Waals surface area contributed by atoms with Crippen LogP contribution in [0.15, 0.2) is 29.3 Å². The van der Waals surface area contributed by atoms with E-state index in [4.69, 9.17) is 9.84 Å². The Morgan fingerprint density at radius 3 is 3.00 bits per heavy atom. The van der Waals surface area contributed by atoms with E-state index in [1.807, 2.05) is 0 Å². The number of aromatic nitrogens is 1. The number of hydrogen-bond donors (Lipinski definition) is 2. The van der Waals surface area contributed by atoms with Crippen LogP contribution in [0.2, 0.25) is 0 Å². The van der Waals surface area contributed by atoms with Gasteiger partial charge < -0.3 is 14.8 Å². The molecule has 0 saturated carbocycles. The van der Waals surface area contributed by atoms with Crippen molar-refractivity contribution >= 4 is 26.9 Å². The van der Waals surface area contributed by atoms with Crippen LogP contribution in [0.3, 0.4) is 0 Å². The van der Waals surface area contributed by atoms with E-state index in [1.165, 1.54) is 18.3 Å². The van der Waals surface area contributed by atoms with Gasteiger partial charge in [-0.15, -0.1) is 0 Å². The highest BCUT2D eigenvalue weighted by Crippen LogP contribution is 2.30. The number of aromatic amines is 1. The molecule has 1 fully saturated rings. The SMILES string of the molecule is O=C(O)CC1COCCN1S(=O)(=O)c1c[nH]c2cccc(F)c12. The molecule has 7 nitrogen and oxygen atoms in total. The molecule has 2 aromatic rings. The van der Waals surface area contributed by atoms with Crippen molar-refractivity contribution in [3.63, 3.8) is 0 Å². The summed E-state index contributed by atoms with van der Waals surface area (Å²) in [6.45, 7) is 0.192. The van der Waals surface area contributed by atoms with Gasteiger partial charge in [0.25, 0.3) is 0 Å². The third kappa shape index (κ3) is 2.82. The Kier molecular flexibility index (Phi) is 4.09. The minimum atomic E-state index is -4.04. The molecule has 124 valence electrons. The number of ether oxygens (including phenoxy) is 1. The van der Waals surface area contributed by atoms with Gasteiger partial charge in [-0.3, -0.25) is 4.79 Å². The van der Waals surface area contributed by atoms with Crippen LogP contribution in [0, 0.1) is 5.82 Å². The number of sulfonamides is 1. The van der Waals surface area contributed by atoms with Crippen molar-refractivity contribution < 1.29 is 27.4 Å². The van der Waals surface area contributed by atoms with Gasteiger partial charge in [-0.1, -0.05) is 6.07 Å². The number of morpholine rings is 1. The van der Waals surface area contributed by atoms with Crippen molar-refractivity contribution in [2.45, 2.75) is 17.4 Å². The van der Waals surface area contributed by atoms with E-state index < -0.39 is 27.9 Å². The fourth-order valence-electron chi connectivity index (χ4n) is 2.76. The summed E-state index contributed by atoms with van der Waals surface area (Å²) in [5.74, 6) is -1.77. The highest BCUT2D eigenvalue weighted by molar-refractivity contribution is 7.89. The summed E-state index contributed by atoms with van der Waals surface area (Å²) >= 11 is 0. The molecule has 1 aromatic carbocycles. The van der Waals surface area contributed by atoms with Gasteiger partial charge in [-0.05, 0) is 12.1 Å². The van der Waals surface area contributed by atoms with E-state index in [0.29, 0.717) is 5.52 Å². The summed E-state index contributed by atoms with van der Waals surface area (Å²) in [4.78, 5) is 13.5. The first-order valence-corrected chi connectivity index (χ1v) is 8.42. The van der Waals surface area contributed by atoms with Crippen LogP contribution in [0.4, 0.5) is 4.39 Å². The molecule has 1 aliphatic heterocycles. The van der Waals surface area contributed by atoms with Crippen LogP contribution in [-0.2, 0) is 19.6 Å². The number of rotatable bonds is 4. The molecular weight excluding hydrogens is 327 g/mol. The van der Waals surface area contributed by atoms with Crippen molar-refractivity contribution in [2.24, 2.45) is 0 Å². The van der Waals surface area contributed by atoms with Crippen LogP contribution >= 0.6 is 0 Å². The minimum Gasteiger partial charge on any atom is -0.481 e. The Hall–Kier alpha value is -1.97. The predicted molar refractivity (Wildman–Crippen MR) is 79.0 cm³/mol. The molecule has 1 aromatic heterocycles. The third-order valence-electron chi connectivity index (χ3n) is 3.79. The maximum absolute atomic E-state index is 14.1. The normalized spacial score (nSPS) is 20.0. The fourth-order valence-corrected chi connectivity index (χ4v) is 4.53. The standard InChI is InChI=1S/C14H15FN2O5S/c15-10-2-1-3-11-14(10)12(7-16-11)23(20,21)17-4-5-22-8-9(17)6-13(18)19/h1-3,7,9,16H,4-6,8H2,(H,18,19). The number of carboxylic acids is 1. The number of fused-ring (bicyclic) bond motifs is 1. The summed E-state index contributed by atoms with van der Waals surface area (Å²) in [6, 6.07) is 3.42. The smallest absolute Gasteiger partial charge is 0.305 e. The quantitative estimate of drug-likeness (QED) is 0.869. The summed E-state index contributed by atoms with van der Waals surface area (Å²) in [5, 5.41) is 8.93. The van der Waals surface area contributed by atoms with Crippen molar-refractivity contribution in [3.8, 4) is 0 Å². The Labute approximate surface area is 131 Å². The zero-order valence-electron chi connectivity index (χ0n) is 12.0. The first-order valence-electron chi connectivity index (χ1n) is 6.98. The lowest BCUT2D eigenvalue weighted by atomic mass is 10.2. The van der Waals surface area contributed by atoms with Crippen LogP contribution < -0.4 is 0 Å². The molecule has 3 rings (SSSR count). The predicted octanol–water partition coefficient (Wildman–Crippen LogP) is 1.17. The van der Waals surface area contributed by atoms with Gasteiger partial charge in [0, 0.05) is 18.3 Å². The number of carbonyl (C=O) groups is 1. The molecule has 0 bridgehead atoms. The van der Waals surface area contributed by atoms with E-state index in [9.17, 15) is 17.6 Å². The minimum absolute atomic E-state index is 0.00360. The van der Waals surface area contributed by atoms with Gasteiger partial charge in [0.1, 0.15) is 10.7 Å². The molecule has 23 heavy (non-hydrogen) atoms. The van der Waals surface area contributed by atoms with E-state index in [-0.39, 0.29) is 36.5 Å². The van der Waals surface area contributed by atoms with Gasteiger partial charge in [0.05, 0.1) is 31.1 Å². The van der Waals surface area contributed by atoms with Gasteiger partial charge >= 0.3 is 5.97 Å². The fraction of sp³-hybridized carbons (Fsp3) is 0.357. The number of benzene rings is 1. The van der Waals surface area contributed by atoms with Crippen molar-refractivity contribution in [3.05, 3.63) is 30.2 Å². The number of nitrogens with one attached hydrogen (secondary N) is 1. The highest BCUT2D eigenvalue weighted by atomic mass is 32.2. The Morgan fingerprint density at radius 1 is 1.48 bits per heavy atom. The number of H-pyrrole nitrogens is 1. The first-order chi connectivity index (χ1) is 10.9. The van der Waals surface area contributed by atoms with Crippen LogP contribution in [0.25, 0.3) is 10.9 Å². The van der Waals surface area contributed by atoms with E-state index in [0.717, 1.165) is 4.31 Å². The third-order valence-corrected chi connectivity index (χ3v) is 5.77. The van der Waals surface area contributed by atoms with E-state index in [1.54, 1.807) is 6.07 Å². The number of halogens is 1. The number of nitrogens with zero attached hydrogens (tertiary/aromatic N) is 1. The molecule has 2 N–H and O–H groups in total. The summed E-state index contributed by atoms with van der Waals surface area (Å²) in [6.07, 6.45) is 0.862. The molecule has 1 atom stereocenters. The van der Waals surface area contributed by atoms with Crippen LogP contribution in [0.1, 0.15) is 6.42 Å². The first kappa shape index (κ1) is 15.9. The molecule has 0 amide bonds. The lowest BCUT2D eigenvalue weighted by Gasteiger charge is -2.33. The van der Waals surface area contributed by atoms with Crippen molar-refractivity contribution in [1.29, 1.82) is 0 Å². The molecule has 0 aliphatic carbocycles. The summed E-state index contributed by atoms with van der Waals surface area (Å²) in [5.41, 5.74) is 0.367. The van der Waals surface area contributed by atoms with E-state index in [2.05, 4.69) is 4.98 Å². The molecule has 0 radical (unpaired) electrons. The molecule has 0 spiro atoms. The van der Waals surface area contributed by atoms with Crippen LogP contribution in [0.5, 0.6) is 0 Å². The maximum atomic E-state index is 14.1. The Balaban J connectivity index is 2.07. The van der Waals surface area contributed by atoms with Gasteiger partial charge in [-0.2, -0.15) is 4.31 Å². The topological polar surface area (TPSA) is 99.7 Å². The van der Waals surface area contributed by atoms with E-state index >= 15 is 0 Å². The molecule has 1 unspecified atom stereocenters. The monoisotopic (exact) mass is 342 g/mol. The summed E-state index contributed by atoms with van der Waals surface area (Å²) < 4.78 is 46.1. The lowest BCUT2D eigenvalue weighted by Crippen LogP contribution is -2.49. The average Bonchev–Trinajstić information content (AvgIpc) is 2.93. The zero-order chi connectivity index (χ0) is 16.6. The highest BCUT2D eigenvalue weighted by Gasteiger charge is 2.37. The van der Waals surface area contributed by atoms with Gasteiger partial charge in [0.15, 0.2) is 0 Å². The molecule has 2 heterocycles. The van der Waals surface area contributed by atoms with Gasteiger partial charge in [0.2, 0.25) is 10.0 Å². The van der Waals surface area contributed by atoms with Crippen LogP contribution in [-0.4, -0.2) is 54.6 Å². The maximum Gasteiger partial charge on any atom is 0.305 e. The molecule has 1 aliphatic rings. The molecule has 9 heteroatoms. The largest absolute Gasteiger partial charge is 0.481 e. The Bertz CT molecular complexity index is 848. The average molecular weight is 342 g/mol. The van der Waals surface area contributed by atoms with Crippen molar-refractivity contribution in [2.75, 3.05) is 19.8 Å².